The normalized spacial score (nSPS) is 33.8. The lowest BCUT2D eigenvalue weighted by atomic mass is 9.80. The average Bonchev–Trinajstić information content (AvgIpc) is 3.42. The van der Waals surface area contributed by atoms with Crippen molar-refractivity contribution in [2.75, 3.05) is 29.9 Å². The molecular weight excluding hydrogens is 354 g/mol. The van der Waals surface area contributed by atoms with Gasteiger partial charge in [0.25, 0.3) is 0 Å². The second kappa shape index (κ2) is 7.07. The van der Waals surface area contributed by atoms with Gasteiger partial charge in [-0.05, 0) is 80.5 Å². The molecule has 4 fully saturated rings. The van der Waals surface area contributed by atoms with Crippen molar-refractivity contribution in [3.8, 4) is 0 Å². The number of likely N-dealkylation sites (tertiary alicyclic amines) is 1. The Bertz CT molecular complexity index is 765. The van der Waals surface area contributed by atoms with Gasteiger partial charge in [0.1, 0.15) is 0 Å². The number of piperidine rings is 1. The maximum absolute atomic E-state index is 12.6. The quantitative estimate of drug-likeness (QED) is 0.769. The van der Waals surface area contributed by atoms with Crippen LogP contribution in [0, 0.1) is 17.8 Å². The van der Waals surface area contributed by atoms with Crippen molar-refractivity contribution in [2.24, 2.45) is 17.8 Å². The molecule has 1 aromatic carbocycles. The van der Waals surface area contributed by atoms with Crippen molar-refractivity contribution in [2.45, 2.75) is 50.7 Å². The zero-order valence-electron chi connectivity index (χ0n) is 16.2. The Kier molecular flexibility index (Phi) is 4.54. The first-order valence-electron chi connectivity index (χ1n) is 10.7. The fourth-order valence-electron chi connectivity index (χ4n) is 5.88. The number of aliphatic hydroxyl groups excluding tert-OH is 1. The number of hydrogen-bond donors (Lipinski definition) is 2. The van der Waals surface area contributed by atoms with E-state index in [4.69, 9.17) is 0 Å². The molecule has 1 aromatic rings. The fourth-order valence-corrected chi connectivity index (χ4v) is 5.88. The predicted octanol–water partition coefficient (Wildman–Crippen LogP) is 2.23. The van der Waals surface area contributed by atoms with E-state index in [2.05, 4.69) is 10.2 Å². The Morgan fingerprint density at radius 1 is 0.929 bits per heavy atom. The molecule has 2 N–H and O–H groups in total. The monoisotopic (exact) mass is 383 g/mol. The summed E-state index contributed by atoms with van der Waals surface area (Å²) >= 11 is 0. The van der Waals surface area contributed by atoms with Gasteiger partial charge in [0.05, 0.1) is 6.10 Å². The maximum Gasteiger partial charge on any atom is 0.313 e. The highest BCUT2D eigenvalue weighted by Crippen LogP contribution is 2.40. The maximum atomic E-state index is 12.6. The predicted molar refractivity (Wildman–Crippen MR) is 107 cm³/mol. The molecule has 6 nitrogen and oxygen atoms in total. The van der Waals surface area contributed by atoms with Crippen molar-refractivity contribution in [1.29, 1.82) is 0 Å². The highest BCUT2D eigenvalue weighted by Gasteiger charge is 2.40. The van der Waals surface area contributed by atoms with E-state index >= 15 is 0 Å². The Morgan fingerprint density at radius 3 is 2.43 bits per heavy atom. The van der Waals surface area contributed by atoms with E-state index < -0.39 is 11.8 Å². The average molecular weight is 383 g/mol. The van der Waals surface area contributed by atoms with Crippen LogP contribution in [-0.4, -0.2) is 53.6 Å². The number of hydrogen-bond acceptors (Lipinski definition) is 4. The second-order valence-corrected chi connectivity index (χ2v) is 9.18. The van der Waals surface area contributed by atoms with Crippen LogP contribution in [-0.2, 0) is 9.59 Å². The van der Waals surface area contributed by atoms with Gasteiger partial charge in [0.15, 0.2) is 0 Å². The first-order valence-corrected chi connectivity index (χ1v) is 10.7. The molecule has 0 aromatic heterocycles. The minimum atomic E-state index is -0.563. The minimum Gasteiger partial charge on any atom is -0.393 e. The van der Waals surface area contributed by atoms with E-state index in [-0.39, 0.29) is 6.10 Å². The summed E-state index contributed by atoms with van der Waals surface area (Å²) in [6, 6.07) is 8.56. The third kappa shape index (κ3) is 3.28. The number of carbonyl (C=O) groups is 2. The van der Waals surface area contributed by atoms with Crippen LogP contribution in [0.4, 0.5) is 11.4 Å². The van der Waals surface area contributed by atoms with Gasteiger partial charge >= 0.3 is 11.8 Å². The molecule has 2 aliphatic heterocycles. The van der Waals surface area contributed by atoms with Crippen LogP contribution in [0.5, 0.6) is 0 Å². The number of anilines is 2. The van der Waals surface area contributed by atoms with Crippen molar-refractivity contribution in [1.82, 2.24) is 4.90 Å². The van der Waals surface area contributed by atoms with Gasteiger partial charge in [0.2, 0.25) is 0 Å². The molecule has 5 atom stereocenters. The lowest BCUT2D eigenvalue weighted by Gasteiger charge is -2.29. The van der Waals surface area contributed by atoms with Crippen LogP contribution in [0.1, 0.15) is 38.5 Å². The van der Waals surface area contributed by atoms with Gasteiger partial charge in [-0.2, -0.15) is 0 Å². The van der Waals surface area contributed by atoms with E-state index in [1.807, 2.05) is 24.3 Å². The summed E-state index contributed by atoms with van der Waals surface area (Å²) in [7, 11) is 0. The highest BCUT2D eigenvalue weighted by atomic mass is 16.3. The number of rotatable bonds is 2. The van der Waals surface area contributed by atoms with Crippen molar-refractivity contribution < 1.29 is 14.7 Å². The van der Waals surface area contributed by atoms with Crippen molar-refractivity contribution in [3.63, 3.8) is 0 Å². The summed E-state index contributed by atoms with van der Waals surface area (Å²) in [5.41, 5.74) is 1.87. The Labute approximate surface area is 165 Å². The summed E-state index contributed by atoms with van der Waals surface area (Å²) in [4.78, 5) is 29.2. The minimum absolute atomic E-state index is 0.255. The molecule has 2 saturated heterocycles. The third-order valence-corrected chi connectivity index (χ3v) is 7.37. The molecule has 150 valence electrons. The number of nitrogens with one attached hydrogen (secondary N) is 1. The van der Waals surface area contributed by atoms with E-state index in [0.29, 0.717) is 36.7 Å². The van der Waals surface area contributed by atoms with Crippen LogP contribution in [0.25, 0.3) is 0 Å². The number of aliphatic hydroxyl groups is 1. The summed E-state index contributed by atoms with van der Waals surface area (Å²) in [6.07, 6.45) is 6.19. The molecule has 2 saturated carbocycles. The number of carbonyl (C=O) groups excluding carboxylic acids is 2. The molecule has 6 heteroatoms. The van der Waals surface area contributed by atoms with E-state index in [1.165, 1.54) is 24.9 Å². The van der Waals surface area contributed by atoms with E-state index in [0.717, 1.165) is 31.7 Å². The molecule has 5 rings (SSSR count). The molecule has 28 heavy (non-hydrogen) atoms. The van der Waals surface area contributed by atoms with Gasteiger partial charge in [-0.25, -0.2) is 0 Å². The lowest BCUT2D eigenvalue weighted by molar-refractivity contribution is -0.142. The first kappa shape index (κ1) is 18.0. The van der Waals surface area contributed by atoms with Crippen LogP contribution in [0.3, 0.4) is 0 Å². The topological polar surface area (TPSA) is 72.9 Å². The standard InChI is InChI=1S/C22H29N3O3/c26-20-8-2-15-12-24(13-16(15)10-20)22(28)21(27)23-17-3-6-18(7-4-17)25-11-14-1-5-19(25)9-14/h3-4,6-7,14-16,19-20,26H,1-2,5,8-13H2,(H,23,27). The summed E-state index contributed by atoms with van der Waals surface area (Å²) in [5, 5.41) is 12.6. The first-order chi connectivity index (χ1) is 13.6. The molecule has 2 aliphatic carbocycles. The second-order valence-electron chi connectivity index (χ2n) is 9.18. The van der Waals surface area contributed by atoms with Gasteiger partial charge in [-0.3, -0.25) is 9.59 Å². The molecule has 2 amide bonds. The number of amides is 2. The SMILES string of the molecule is O=C(Nc1ccc(N2CC3CCC2C3)cc1)C(=O)N1CC2CCC(O)CC2C1. The van der Waals surface area contributed by atoms with Crippen molar-refractivity contribution in [3.05, 3.63) is 24.3 Å². The Balaban J connectivity index is 1.18. The third-order valence-electron chi connectivity index (χ3n) is 7.37. The molecule has 2 heterocycles. The largest absolute Gasteiger partial charge is 0.393 e. The molecule has 2 bridgehead atoms. The van der Waals surface area contributed by atoms with Gasteiger partial charge < -0.3 is 20.2 Å². The van der Waals surface area contributed by atoms with E-state index in [1.54, 1.807) is 4.90 Å². The molecule has 5 unspecified atom stereocenters. The number of benzene rings is 1. The van der Waals surface area contributed by atoms with E-state index in [9.17, 15) is 14.7 Å². The smallest absolute Gasteiger partial charge is 0.313 e. The van der Waals surface area contributed by atoms with Gasteiger partial charge in [-0.15, -0.1) is 0 Å². The summed E-state index contributed by atoms with van der Waals surface area (Å²) in [5.74, 6) is 0.579. The Hall–Kier alpha value is -2.08. The molecule has 0 radical (unpaired) electrons. The van der Waals surface area contributed by atoms with Crippen LogP contribution < -0.4 is 10.2 Å². The summed E-state index contributed by atoms with van der Waals surface area (Å²) in [6.45, 7) is 2.37. The van der Waals surface area contributed by atoms with Gasteiger partial charge in [0, 0.05) is 37.1 Å². The van der Waals surface area contributed by atoms with Crippen LogP contribution in [0.15, 0.2) is 24.3 Å². The summed E-state index contributed by atoms with van der Waals surface area (Å²) < 4.78 is 0. The molecule has 4 aliphatic rings. The fraction of sp³-hybridized carbons (Fsp3) is 0.636. The number of nitrogens with zero attached hydrogens (tertiary/aromatic N) is 2. The van der Waals surface area contributed by atoms with Gasteiger partial charge in [-0.1, -0.05) is 0 Å². The zero-order valence-corrected chi connectivity index (χ0v) is 16.2. The molecular formula is C22H29N3O3. The zero-order chi connectivity index (χ0) is 19.3. The Morgan fingerprint density at radius 2 is 1.71 bits per heavy atom. The molecule has 0 spiro atoms. The van der Waals surface area contributed by atoms with Crippen LogP contribution in [0.2, 0.25) is 0 Å². The number of fused-ring (bicyclic) bond motifs is 3. The lowest BCUT2D eigenvalue weighted by Crippen LogP contribution is -2.38. The van der Waals surface area contributed by atoms with Crippen LogP contribution >= 0.6 is 0 Å². The van der Waals surface area contributed by atoms with Crippen molar-refractivity contribution >= 4 is 23.2 Å². The highest BCUT2D eigenvalue weighted by molar-refractivity contribution is 6.39.